The van der Waals surface area contributed by atoms with Gasteiger partial charge in [0.2, 0.25) is 0 Å². The summed E-state index contributed by atoms with van der Waals surface area (Å²) < 4.78 is 0. The molecule has 0 bridgehead atoms. The van der Waals surface area contributed by atoms with Crippen LogP contribution in [0.25, 0.3) is 0 Å². The van der Waals surface area contributed by atoms with Gasteiger partial charge >= 0.3 is 0 Å². The average molecular weight is 267 g/mol. The molecule has 1 aliphatic rings. The van der Waals surface area contributed by atoms with E-state index in [1.165, 1.54) is 0 Å². The zero-order valence-electron chi connectivity index (χ0n) is 11.5. The maximum absolute atomic E-state index is 12.6. The summed E-state index contributed by atoms with van der Waals surface area (Å²) in [6, 6.07) is 8.01. The van der Waals surface area contributed by atoms with E-state index in [-0.39, 0.29) is 5.91 Å². The van der Waals surface area contributed by atoms with Gasteiger partial charge in [0, 0.05) is 36.9 Å². The molecule has 2 heterocycles. The lowest BCUT2D eigenvalue weighted by Crippen LogP contribution is -2.32. The second kappa shape index (κ2) is 5.41. The molecule has 0 spiro atoms. The van der Waals surface area contributed by atoms with Gasteiger partial charge in [-0.15, -0.1) is 0 Å². The molecule has 0 N–H and O–H groups in total. The summed E-state index contributed by atoms with van der Waals surface area (Å²) in [4.78, 5) is 22.8. The van der Waals surface area contributed by atoms with Crippen LogP contribution in [0.15, 0.2) is 42.9 Å². The predicted molar refractivity (Wildman–Crippen MR) is 76.1 cm³/mol. The molecule has 0 atom stereocenters. The van der Waals surface area contributed by atoms with Crippen LogP contribution in [0.5, 0.6) is 0 Å². The second-order valence-electron chi connectivity index (χ2n) is 5.21. The summed E-state index contributed by atoms with van der Waals surface area (Å²) in [6.07, 6.45) is 7.38. The van der Waals surface area contributed by atoms with Crippen molar-refractivity contribution in [2.75, 3.05) is 0 Å². The first-order valence-electron chi connectivity index (χ1n) is 6.86. The number of amides is 1. The lowest BCUT2D eigenvalue weighted by molar-refractivity contribution is 0.0729. The molecule has 0 unspecified atom stereocenters. The lowest BCUT2D eigenvalue weighted by Gasteiger charge is -2.22. The molecular formula is C16H17N3O. The summed E-state index contributed by atoms with van der Waals surface area (Å²) >= 11 is 0. The number of carbonyl (C=O) groups excluding carboxylic acids is 1. The monoisotopic (exact) mass is 267 g/mol. The topological polar surface area (TPSA) is 46.1 Å². The maximum Gasteiger partial charge on any atom is 0.255 e. The van der Waals surface area contributed by atoms with Gasteiger partial charge in [-0.05, 0) is 49.6 Å². The molecule has 0 aliphatic heterocycles. The van der Waals surface area contributed by atoms with Crippen LogP contribution in [0.2, 0.25) is 0 Å². The Morgan fingerprint density at radius 2 is 2.00 bits per heavy atom. The van der Waals surface area contributed by atoms with Crippen molar-refractivity contribution < 1.29 is 4.79 Å². The third kappa shape index (κ3) is 2.85. The first-order chi connectivity index (χ1) is 9.74. The van der Waals surface area contributed by atoms with Gasteiger partial charge in [-0.1, -0.05) is 0 Å². The van der Waals surface area contributed by atoms with Crippen LogP contribution in [-0.2, 0) is 6.54 Å². The van der Waals surface area contributed by atoms with E-state index in [9.17, 15) is 4.79 Å². The Hall–Kier alpha value is -2.23. The van der Waals surface area contributed by atoms with E-state index in [4.69, 9.17) is 0 Å². The van der Waals surface area contributed by atoms with Crippen molar-refractivity contribution in [1.29, 1.82) is 0 Å². The van der Waals surface area contributed by atoms with Gasteiger partial charge in [-0.25, -0.2) is 0 Å². The van der Waals surface area contributed by atoms with Crippen LogP contribution in [-0.4, -0.2) is 26.8 Å². The fraction of sp³-hybridized carbons (Fsp3) is 0.312. The van der Waals surface area contributed by atoms with Crippen LogP contribution in [0.1, 0.15) is 34.5 Å². The van der Waals surface area contributed by atoms with E-state index >= 15 is 0 Å². The van der Waals surface area contributed by atoms with E-state index in [1.54, 1.807) is 18.6 Å². The van der Waals surface area contributed by atoms with Crippen molar-refractivity contribution in [3.8, 4) is 0 Å². The minimum absolute atomic E-state index is 0.0665. The van der Waals surface area contributed by atoms with Crippen molar-refractivity contribution in [2.45, 2.75) is 32.4 Å². The minimum Gasteiger partial charge on any atom is -0.331 e. The van der Waals surface area contributed by atoms with E-state index in [0.29, 0.717) is 18.2 Å². The zero-order chi connectivity index (χ0) is 13.9. The summed E-state index contributed by atoms with van der Waals surface area (Å²) in [7, 11) is 0. The Bertz CT molecular complexity index is 591. The molecule has 0 aromatic carbocycles. The molecule has 20 heavy (non-hydrogen) atoms. The van der Waals surface area contributed by atoms with Crippen LogP contribution < -0.4 is 0 Å². The number of hydrogen-bond acceptors (Lipinski definition) is 3. The summed E-state index contributed by atoms with van der Waals surface area (Å²) in [5.74, 6) is 0.0665. The molecule has 2 aromatic heterocycles. The quantitative estimate of drug-likeness (QED) is 0.855. The first kappa shape index (κ1) is 12.8. The highest BCUT2D eigenvalue weighted by molar-refractivity contribution is 5.94. The van der Waals surface area contributed by atoms with E-state index in [0.717, 1.165) is 24.1 Å². The van der Waals surface area contributed by atoms with E-state index in [2.05, 4.69) is 9.97 Å². The van der Waals surface area contributed by atoms with Crippen molar-refractivity contribution in [3.63, 3.8) is 0 Å². The average Bonchev–Trinajstić information content (AvgIpc) is 3.30. The van der Waals surface area contributed by atoms with Gasteiger partial charge in [0.05, 0.1) is 5.56 Å². The summed E-state index contributed by atoms with van der Waals surface area (Å²) in [6.45, 7) is 2.56. The highest BCUT2D eigenvalue weighted by atomic mass is 16.2. The van der Waals surface area contributed by atoms with Gasteiger partial charge in [0.15, 0.2) is 0 Å². The highest BCUT2D eigenvalue weighted by Crippen LogP contribution is 2.29. The second-order valence-corrected chi connectivity index (χ2v) is 5.21. The molecule has 1 saturated carbocycles. The van der Waals surface area contributed by atoms with Crippen LogP contribution >= 0.6 is 0 Å². The number of hydrogen-bond donors (Lipinski definition) is 0. The molecule has 4 nitrogen and oxygen atoms in total. The Morgan fingerprint density at radius 3 is 2.60 bits per heavy atom. The normalized spacial score (nSPS) is 14.1. The summed E-state index contributed by atoms with van der Waals surface area (Å²) in [5.41, 5.74) is 2.70. The standard InChI is InChI=1S/C16H17N3O/c1-12-2-3-14(10-18-12)16(20)19(15-4-5-15)11-13-6-8-17-9-7-13/h2-3,6-10,15H,4-5,11H2,1H3. The highest BCUT2D eigenvalue weighted by Gasteiger charge is 2.33. The van der Waals surface area contributed by atoms with Crippen molar-refractivity contribution in [3.05, 3.63) is 59.7 Å². The molecule has 102 valence electrons. The molecular weight excluding hydrogens is 250 g/mol. The molecule has 0 radical (unpaired) electrons. The van der Waals surface area contributed by atoms with E-state index in [1.807, 2.05) is 36.1 Å². The van der Waals surface area contributed by atoms with Gasteiger partial charge in [0.1, 0.15) is 0 Å². The van der Waals surface area contributed by atoms with Crippen molar-refractivity contribution in [1.82, 2.24) is 14.9 Å². The van der Waals surface area contributed by atoms with Gasteiger partial charge in [-0.3, -0.25) is 14.8 Å². The smallest absolute Gasteiger partial charge is 0.255 e. The number of aryl methyl sites for hydroxylation is 1. The lowest BCUT2D eigenvalue weighted by atomic mass is 10.2. The number of nitrogens with zero attached hydrogens (tertiary/aromatic N) is 3. The number of carbonyl (C=O) groups is 1. The molecule has 1 fully saturated rings. The third-order valence-electron chi connectivity index (χ3n) is 3.51. The van der Waals surface area contributed by atoms with Crippen LogP contribution in [0.4, 0.5) is 0 Å². The fourth-order valence-electron chi connectivity index (χ4n) is 2.20. The predicted octanol–water partition coefficient (Wildman–Crippen LogP) is 2.59. The minimum atomic E-state index is 0.0665. The number of rotatable bonds is 4. The largest absolute Gasteiger partial charge is 0.331 e. The van der Waals surface area contributed by atoms with Gasteiger partial charge < -0.3 is 4.90 Å². The van der Waals surface area contributed by atoms with Gasteiger partial charge in [0.25, 0.3) is 5.91 Å². The first-order valence-corrected chi connectivity index (χ1v) is 6.86. The Labute approximate surface area is 118 Å². The molecule has 0 saturated heterocycles. The fourth-order valence-corrected chi connectivity index (χ4v) is 2.20. The Kier molecular flexibility index (Phi) is 3.46. The van der Waals surface area contributed by atoms with Crippen LogP contribution in [0.3, 0.4) is 0 Å². The molecule has 3 rings (SSSR count). The third-order valence-corrected chi connectivity index (χ3v) is 3.51. The summed E-state index contributed by atoms with van der Waals surface area (Å²) in [5, 5.41) is 0. The van der Waals surface area contributed by atoms with Crippen LogP contribution in [0, 0.1) is 6.92 Å². The number of pyridine rings is 2. The Balaban J connectivity index is 1.80. The molecule has 4 heteroatoms. The van der Waals surface area contributed by atoms with E-state index < -0.39 is 0 Å². The maximum atomic E-state index is 12.6. The van der Waals surface area contributed by atoms with Crippen molar-refractivity contribution in [2.24, 2.45) is 0 Å². The zero-order valence-corrected chi connectivity index (χ0v) is 11.5. The molecule has 1 aliphatic carbocycles. The number of aromatic nitrogens is 2. The molecule has 1 amide bonds. The van der Waals surface area contributed by atoms with Crippen molar-refractivity contribution >= 4 is 5.91 Å². The molecule has 2 aromatic rings. The van der Waals surface area contributed by atoms with Gasteiger partial charge in [-0.2, -0.15) is 0 Å². The Morgan fingerprint density at radius 1 is 1.25 bits per heavy atom. The SMILES string of the molecule is Cc1ccc(C(=O)N(Cc2ccncc2)C2CC2)cn1.